The van der Waals surface area contributed by atoms with Crippen LogP contribution in [0.1, 0.15) is 17.7 Å². The number of carbonyl (C=O) groups excluding carboxylic acids is 1. The molecule has 0 saturated carbocycles. The van der Waals surface area contributed by atoms with E-state index in [-0.39, 0.29) is 0 Å². The van der Waals surface area contributed by atoms with Crippen molar-refractivity contribution in [2.24, 2.45) is 5.73 Å². The minimum atomic E-state index is -0.483. The second-order valence-corrected chi connectivity index (χ2v) is 6.06. The molecule has 3 aromatic rings. The minimum Gasteiger partial charge on any atom is -0.494 e. The van der Waals surface area contributed by atoms with Gasteiger partial charge in [0, 0.05) is 6.07 Å². The molecule has 23 heavy (non-hydrogen) atoms. The largest absolute Gasteiger partial charge is 0.494 e. The summed E-state index contributed by atoms with van der Waals surface area (Å²) in [6.45, 7) is 2.55. The molecule has 0 fully saturated rings. The number of thioether (sulfide) groups is 1. The highest BCUT2D eigenvalue weighted by Crippen LogP contribution is 2.34. The van der Waals surface area contributed by atoms with Crippen molar-refractivity contribution >= 4 is 28.7 Å². The van der Waals surface area contributed by atoms with Crippen molar-refractivity contribution in [1.29, 1.82) is 0 Å². The maximum Gasteiger partial charge on any atom is 0.235 e. The number of carbonyl (C=O) groups is 1. The quantitative estimate of drug-likeness (QED) is 0.681. The normalized spacial score (nSPS) is 12.2. The molecule has 3 N–H and O–H groups in total. The number of imidazole rings is 1. The lowest BCUT2D eigenvalue weighted by Gasteiger charge is -2.11. The van der Waals surface area contributed by atoms with Crippen LogP contribution in [0, 0.1) is 0 Å². The van der Waals surface area contributed by atoms with Crippen molar-refractivity contribution in [3.63, 3.8) is 0 Å². The van der Waals surface area contributed by atoms with E-state index in [1.54, 1.807) is 0 Å². The van der Waals surface area contributed by atoms with E-state index >= 15 is 0 Å². The Kier molecular flexibility index (Phi) is 4.52. The third kappa shape index (κ3) is 3.48. The summed E-state index contributed by atoms with van der Waals surface area (Å²) in [7, 11) is 0. The Hall–Kier alpha value is -2.47. The number of nitrogens with one attached hydrogen (secondary N) is 1. The number of rotatable bonds is 6. The number of fused-ring (bicyclic) bond motifs is 1. The van der Waals surface area contributed by atoms with E-state index in [1.165, 1.54) is 11.8 Å². The predicted octanol–water partition coefficient (Wildman–Crippen LogP) is 3.28. The lowest BCUT2D eigenvalue weighted by molar-refractivity contribution is -0.117. The second-order valence-electron chi connectivity index (χ2n) is 4.96. The molecule has 0 radical (unpaired) electrons. The number of aromatic nitrogens is 2. The van der Waals surface area contributed by atoms with E-state index in [9.17, 15) is 4.79 Å². The molecule has 1 aromatic heterocycles. The Morgan fingerprint density at radius 1 is 1.30 bits per heavy atom. The van der Waals surface area contributed by atoms with Gasteiger partial charge in [-0.05, 0) is 24.6 Å². The van der Waals surface area contributed by atoms with Crippen LogP contribution in [0.15, 0.2) is 53.7 Å². The zero-order valence-corrected chi connectivity index (χ0v) is 13.5. The maximum absolute atomic E-state index is 11.8. The smallest absolute Gasteiger partial charge is 0.235 e. The van der Waals surface area contributed by atoms with Gasteiger partial charge in [-0.15, -0.1) is 0 Å². The van der Waals surface area contributed by atoms with Crippen LogP contribution in [0.25, 0.3) is 11.0 Å². The summed E-state index contributed by atoms with van der Waals surface area (Å²) in [5.74, 6) is 0.395. The molecule has 3 rings (SSSR count). The van der Waals surface area contributed by atoms with Gasteiger partial charge in [0.1, 0.15) is 11.0 Å². The molecule has 6 heteroatoms. The lowest BCUT2D eigenvalue weighted by Crippen LogP contribution is -2.19. The molecule has 0 bridgehead atoms. The van der Waals surface area contributed by atoms with Gasteiger partial charge in [0.25, 0.3) is 0 Å². The van der Waals surface area contributed by atoms with Crippen LogP contribution in [-0.4, -0.2) is 22.5 Å². The number of hydrogen-bond acceptors (Lipinski definition) is 4. The summed E-state index contributed by atoms with van der Waals surface area (Å²) in [6.07, 6.45) is 0. The summed E-state index contributed by atoms with van der Waals surface area (Å²) in [5.41, 5.74) is 8.11. The average molecular weight is 327 g/mol. The lowest BCUT2D eigenvalue weighted by atomic mass is 10.1. The maximum atomic E-state index is 11.8. The Bertz CT molecular complexity index is 817. The van der Waals surface area contributed by atoms with Gasteiger partial charge in [-0.1, -0.05) is 42.1 Å². The summed E-state index contributed by atoms with van der Waals surface area (Å²) in [4.78, 5) is 19.5. The van der Waals surface area contributed by atoms with Gasteiger partial charge in [0.05, 0.1) is 17.6 Å². The molecule has 1 atom stereocenters. The minimum absolute atomic E-state index is 0.392. The highest BCUT2D eigenvalue weighted by Gasteiger charge is 2.21. The zero-order valence-electron chi connectivity index (χ0n) is 12.7. The van der Waals surface area contributed by atoms with E-state index in [2.05, 4.69) is 9.97 Å². The molecule has 2 aromatic carbocycles. The molecule has 1 amide bonds. The molecule has 0 aliphatic heterocycles. The monoisotopic (exact) mass is 327 g/mol. The SMILES string of the molecule is CCOc1ccc2nc(SC(C(N)=O)c3ccccc3)[nH]c2c1. The first-order valence-electron chi connectivity index (χ1n) is 7.31. The van der Waals surface area contributed by atoms with Crippen LogP contribution < -0.4 is 10.5 Å². The molecule has 0 aliphatic rings. The van der Waals surface area contributed by atoms with Gasteiger partial charge >= 0.3 is 0 Å². The van der Waals surface area contributed by atoms with Gasteiger partial charge in [0.2, 0.25) is 5.91 Å². The second kappa shape index (κ2) is 6.75. The standard InChI is InChI=1S/C17H17N3O2S/c1-2-22-12-8-9-13-14(10-12)20-17(19-13)23-15(16(18)21)11-6-4-3-5-7-11/h3-10,15H,2H2,1H3,(H2,18,21)(H,19,20). The van der Waals surface area contributed by atoms with Gasteiger partial charge in [0.15, 0.2) is 5.16 Å². The van der Waals surface area contributed by atoms with Crippen molar-refractivity contribution in [2.45, 2.75) is 17.3 Å². The third-order valence-electron chi connectivity index (χ3n) is 3.33. The fourth-order valence-electron chi connectivity index (χ4n) is 2.31. The van der Waals surface area contributed by atoms with Gasteiger partial charge in [-0.2, -0.15) is 0 Å². The van der Waals surface area contributed by atoms with Crippen LogP contribution >= 0.6 is 11.8 Å². The topological polar surface area (TPSA) is 81.0 Å². The van der Waals surface area contributed by atoms with E-state index in [1.807, 2.05) is 55.5 Å². The molecular weight excluding hydrogens is 310 g/mol. The number of primary amides is 1. The number of H-pyrrole nitrogens is 1. The highest BCUT2D eigenvalue weighted by molar-refractivity contribution is 8.00. The number of nitrogens with two attached hydrogens (primary N) is 1. The third-order valence-corrected chi connectivity index (χ3v) is 4.49. The first kappa shape index (κ1) is 15.4. The Morgan fingerprint density at radius 3 is 2.78 bits per heavy atom. The van der Waals surface area contributed by atoms with Crippen LogP contribution in [0.3, 0.4) is 0 Å². The van der Waals surface area contributed by atoms with Crippen molar-refractivity contribution < 1.29 is 9.53 Å². The highest BCUT2D eigenvalue weighted by atomic mass is 32.2. The average Bonchev–Trinajstić information content (AvgIpc) is 2.95. The van der Waals surface area contributed by atoms with E-state index in [0.29, 0.717) is 11.8 Å². The van der Waals surface area contributed by atoms with Gasteiger partial charge in [-0.25, -0.2) is 4.98 Å². The van der Waals surface area contributed by atoms with E-state index < -0.39 is 11.2 Å². The fourth-order valence-corrected chi connectivity index (χ4v) is 3.26. The molecule has 1 heterocycles. The summed E-state index contributed by atoms with van der Waals surface area (Å²) in [6, 6.07) is 15.1. The summed E-state index contributed by atoms with van der Waals surface area (Å²) < 4.78 is 5.48. The first-order chi connectivity index (χ1) is 11.2. The summed E-state index contributed by atoms with van der Waals surface area (Å²) >= 11 is 1.31. The number of ether oxygens (including phenoxy) is 1. The Labute approximate surface area is 138 Å². The van der Waals surface area contributed by atoms with E-state index in [4.69, 9.17) is 10.5 Å². The molecule has 0 saturated heterocycles. The van der Waals surface area contributed by atoms with Crippen LogP contribution in [0.4, 0.5) is 0 Å². The van der Waals surface area contributed by atoms with Crippen molar-refractivity contribution in [3.05, 3.63) is 54.1 Å². The van der Waals surface area contributed by atoms with Crippen LogP contribution in [-0.2, 0) is 4.79 Å². The molecule has 118 valence electrons. The van der Waals surface area contributed by atoms with Crippen molar-refractivity contribution in [3.8, 4) is 5.75 Å². The Balaban J connectivity index is 1.88. The van der Waals surface area contributed by atoms with Gasteiger partial charge in [-0.3, -0.25) is 4.79 Å². The van der Waals surface area contributed by atoms with E-state index in [0.717, 1.165) is 22.3 Å². The molecule has 0 spiro atoms. The summed E-state index contributed by atoms with van der Waals surface area (Å²) in [5, 5.41) is 0.171. The Morgan fingerprint density at radius 2 is 2.09 bits per heavy atom. The number of amides is 1. The van der Waals surface area contributed by atoms with Crippen LogP contribution in [0.5, 0.6) is 5.75 Å². The molecule has 1 unspecified atom stereocenters. The number of aromatic amines is 1. The van der Waals surface area contributed by atoms with Crippen LogP contribution in [0.2, 0.25) is 0 Å². The molecule has 0 aliphatic carbocycles. The van der Waals surface area contributed by atoms with Crippen molar-refractivity contribution in [2.75, 3.05) is 6.61 Å². The number of hydrogen-bond donors (Lipinski definition) is 2. The fraction of sp³-hybridized carbons (Fsp3) is 0.176. The molecule has 5 nitrogen and oxygen atoms in total. The first-order valence-corrected chi connectivity index (χ1v) is 8.19. The number of benzene rings is 2. The number of nitrogens with zero attached hydrogens (tertiary/aromatic N) is 1. The zero-order chi connectivity index (χ0) is 16.2. The molecular formula is C17H17N3O2S. The van der Waals surface area contributed by atoms with Crippen molar-refractivity contribution in [1.82, 2.24) is 9.97 Å². The van der Waals surface area contributed by atoms with Gasteiger partial charge < -0.3 is 15.5 Å². The predicted molar refractivity (Wildman–Crippen MR) is 91.5 cm³/mol.